The summed E-state index contributed by atoms with van der Waals surface area (Å²) in [6.45, 7) is 0. The van der Waals surface area contributed by atoms with E-state index in [0.29, 0.717) is 5.95 Å². The number of rotatable bonds is 2. The fraction of sp³-hybridized carbons (Fsp3) is 0.231. The van der Waals surface area contributed by atoms with E-state index in [9.17, 15) is 4.39 Å². The molecule has 0 aliphatic heterocycles. The summed E-state index contributed by atoms with van der Waals surface area (Å²) in [5.41, 5.74) is 1.85. The summed E-state index contributed by atoms with van der Waals surface area (Å²) < 4.78 is 13.5. The molecule has 86 valence electrons. The monoisotopic (exact) mass is 229 g/mol. The Labute approximate surface area is 98.7 Å². The minimum absolute atomic E-state index is 0.110. The van der Waals surface area contributed by atoms with Crippen LogP contribution in [0.3, 0.4) is 0 Å². The van der Waals surface area contributed by atoms with E-state index in [1.165, 1.54) is 6.07 Å². The van der Waals surface area contributed by atoms with Gasteiger partial charge in [-0.3, -0.25) is 0 Å². The first-order chi connectivity index (χ1) is 8.34. The quantitative estimate of drug-likeness (QED) is 0.860. The molecule has 2 aromatic rings. The predicted octanol–water partition coefficient (Wildman–Crippen LogP) is 2.72. The molecule has 1 atom stereocenters. The van der Waals surface area contributed by atoms with Crippen LogP contribution in [0.15, 0.2) is 36.7 Å². The Balaban J connectivity index is 1.87. The van der Waals surface area contributed by atoms with Crippen LogP contribution < -0.4 is 5.32 Å². The summed E-state index contributed by atoms with van der Waals surface area (Å²) in [5.74, 6) is 0.482. The van der Waals surface area contributed by atoms with Crippen molar-refractivity contribution in [3.05, 3.63) is 53.6 Å². The SMILES string of the molecule is Fc1cccc2c1CCC2Nc1ncccn1. The average Bonchev–Trinajstić information content (AvgIpc) is 2.76. The van der Waals surface area contributed by atoms with Gasteiger partial charge in [0.15, 0.2) is 0 Å². The second-order valence-electron chi connectivity index (χ2n) is 4.12. The number of hydrogen-bond acceptors (Lipinski definition) is 3. The van der Waals surface area contributed by atoms with Gasteiger partial charge in [-0.2, -0.15) is 0 Å². The number of halogens is 1. The molecule has 3 rings (SSSR count). The Morgan fingerprint density at radius 3 is 2.82 bits per heavy atom. The van der Waals surface area contributed by atoms with Crippen LogP contribution >= 0.6 is 0 Å². The maximum absolute atomic E-state index is 13.5. The molecule has 0 saturated carbocycles. The number of hydrogen-bond donors (Lipinski definition) is 1. The number of anilines is 1. The van der Waals surface area contributed by atoms with Crippen LogP contribution in [-0.4, -0.2) is 9.97 Å². The Hall–Kier alpha value is -1.97. The van der Waals surface area contributed by atoms with Crippen LogP contribution in [0.1, 0.15) is 23.6 Å². The maximum Gasteiger partial charge on any atom is 0.223 e. The molecule has 0 amide bonds. The molecular weight excluding hydrogens is 217 g/mol. The molecule has 0 bridgehead atoms. The molecule has 0 spiro atoms. The summed E-state index contributed by atoms with van der Waals surface area (Å²) in [5, 5.41) is 3.24. The fourth-order valence-electron chi connectivity index (χ4n) is 2.29. The van der Waals surface area contributed by atoms with Gasteiger partial charge in [-0.05, 0) is 36.1 Å². The first-order valence-electron chi connectivity index (χ1n) is 5.65. The summed E-state index contributed by atoms with van der Waals surface area (Å²) in [6.07, 6.45) is 5.04. The van der Waals surface area contributed by atoms with Gasteiger partial charge < -0.3 is 5.32 Å². The molecule has 1 heterocycles. The highest BCUT2D eigenvalue weighted by Gasteiger charge is 2.24. The molecule has 3 nitrogen and oxygen atoms in total. The van der Waals surface area contributed by atoms with Gasteiger partial charge in [-0.15, -0.1) is 0 Å². The topological polar surface area (TPSA) is 37.8 Å². The van der Waals surface area contributed by atoms with Crippen LogP contribution in [0.5, 0.6) is 0 Å². The Morgan fingerprint density at radius 1 is 1.18 bits per heavy atom. The molecule has 1 aliphatic rings. The Bertz CT molecular complexity index is 527. The molecule has 4 heteroatoms. The molecule has 1 unspecified atom stereocenters. The lowest BCUT2D eigenvalue weighted by atomic mass is 10.1. The third-order valence-corrected chi connectivity index (χ3v) is 3.08. The first kappa shape index (κ1) is 10.2. The second kappa shape index (κ2) is 4.13. The summed E-state index contributed by atoms with van der Waals surface area (Å²) >= 11 is 0. The van der Waals surface area contributed by atoms with E-state index in [1.807, 2.05) is 6.07 Å². The average molecular weight is 229 g/mol. The molecule has 1 aromatic heterocycles. The fourth-order valence-corrected chi connectivity index (χ4v) is 2.29. The zero-order chi connectivity index (χ0) is 11.7. The van der Waals surface area contributed by atoms with Gasteiger partial charge >= 0.3 is 0 Å². The van der Waals surface area contributed by atoms with Crippen molar-refractivity contribution in [2.75, 3.05) is 5.32 Å². The highest BCUT2D eigenvalue weighted by Crippen LogP contribution is 2.34. The van der Waals surface area contributed by atoms with Crippen molar-refractivity contribution in [2.24, 2.45) is 0 Å². The molecule has 1 aliphatic carbocycles. The Kier molecular flexibility index (Phi) is 2.48. The van der Waals surface area contributed by atoms with Crippen LogP contribution in [-0.2, 0) is 6.42 Å². The molecule has 17 heavy (non-hydrogen) atoms. The number of nitrogens with zero attached hydrogens (tertiary/aromatic N) is 2. The summed E-state index contributed by atoms with van der Waals surface area (Å²) in [6, 6.07) is 7.11. The molecule has 1 aromatic carbocycles. The normalized spacial score (nSPS) is 17.8. The van der Waals surface area contributed by atoms with Gasteiger partial charge in [-0.1, -0.05) is 12.1 Å². The smallest absolute Gasteiger partial charge is 0.223 e. The second-order valence-corrected chi connectivity index (χ2v) is 4.12. The maximum atomic E-state index is 13.5. The van der Waals surface area contributed by atoms with Crippen molar-refractivity contribution in [1.82, 2.24) is 9.97 Å². The van der Waals surface area contributed by atoms with E-state index in [0.717, 1.165) is 24.0 Å². The standard InChI is InChI=1S/C13H12FN3/c14-11-4-1-3-10-9(11)5-6-12(10)17-13-15-7-2-8-16-13/h1-4,7-8,12H,5-6H2,(H,15,16,17). The van der Waals surface area contributed by atoms with E-state index in [-0.39, 0.29) is 11.9 Å². The van der Waals surface area contributed by atoms with Gasteiger partial charge in [0, 0.05) is 12.4 Å². The van der Waals surface area contributed by atoms with Crippen molar-refractivity contribution in [1.29, 1.82) is 0 Å². The van der Waals surface area contributed by atoms with Crippen molar-refractivity contribution in [2.45, 2.75) is 18.9 Å². The molecular formula is C13H12FN3. The number of fused-ring (bicyclic) bond motifs is 1. The number of nitrogens with one attached hydrogen (secondary N) is 1. The number of aromatic nitrogens is 2. The largest absolute Gasteiger partial charge is 0.347 e. The van der Waals surface area contributed by atoms with Gasteiger partial charge in [0.1, 0.15) is 5.82 Å². The lowest BCUT2D eigenvalue weighted by molar-refractivity contribution is 0.612. The minimum atomic E-state index is -0.110. The third kappa shape index (κ3) is 1.86. The van der Waals surface area contributed by atoms with Crippen LogP contribution in [0.4, 0.5) is 10.3 Å². The van der Waals surface area contributed by atoms with Crippen molar-refractivity contribution >= 4 is 5.95 Å². The first-order valence-corrected chi connectivity index (χ1v) is 5.65. The van der Waals surface area contributed by atoms with Crippen LogP contribution in [0.2, 0.25) is 0 Å². The van der Waals surface area contributed by atoms with Crippen molar-refractivity contribution < 1.29 is 4.39 Å². The molecule has 0 saturated heterocycles. The van der Waals surface area contributed by atoms with E-state index in [4.69, 9.17) is 0 Å². The summed E-state index contributed by atoms with van der Waals surface area (Å²) in [7, 11) is 0. The lowest BCUT2D eigenvalue weighted by Crippen LogP contribution is -2.09. The van der Waals surface area contributed by atoms with Crippen molar-refractivity contribution in [3.8, 4) is 0 Å². The van der Waals surface area contributed by atoms with Crippen molar-refractivity contribution in [3.63, 3.8) is 0 Å². The summed E-state index contributed by atoms with van der Waals surface area (Å²) in [4.78, 5) is 8.24. The minimum Gasteiger partial charge on any atom is -0.347 e. The zero-order valence-electron chi connectivity index (χ0n) is 9.23. The Morgan fingerprint density at radius 2 is 2.00 bits per heavy atom. The van der Waals surface area contributed by atoms with Crippen LogP contribution in [0, 0.1) is 5.82 Å². The third-order valence-electron chi connectivity index (χ3n) is 3.08. The molecule has 1 N–H and O–H groups in total. The van der Waals surface area contributed by atoms with Gasteiger partial charge in [0.25, 0.3) is 0 Å². The van der Waals surface area contributed by atoms with Gasteiger partial charge in [0.2, 0.25) is 5.95 Å². The van der Waals surface area contributed by atoms with E-state index < -0.39 is 0 Å². The highest BCUT2D eigenvalue weighted by molar-refractivity contribution is 5.41. The van der Waals surface area contributed by atoms with Gasteiger partial charge in [-0.25, -0.2) is 14.4 Å². The van der Waals surface area contributed by atoms with E-state index in [1.54, 1.807) is 24.5 Å². The lowest BCUT2D eigenvalue weighted by Gasteiger charge is -2.13. The molecule has 0 radical (unpaired) electrons. The zero-order valence-corrected chi connectivity index (χ0v) is 9.23. The van der Waals surface area contributed by atoms with Gasteiger partial charge in [0.05, 0.1) is 6.04 Å². The van der Waals surface area contributed by atoms with E-state index >= 15 is 0 Å². The molecule has 0 fully saturated rings. The highest BCUT2D eigenvalue weighted by atomic mass is 19.1. The van der Waals surface area contributed by atoms with Crippen LogP contribution in [0.25, 0.3) is 0 Å². The predicted molar refractivity (Wildman–Crippen MR) is 63.1 cm³/mol. The number of benzene rings is 1. The van der Waals surface area contributed by atoms with E-state index in [2.05, 4.69) is 15.3 Å².